The summed E-state index contributed by atoms with van der Waals surface area (Å²) in [5.74, 6) is 2.10. The molecule has 7 nitrogen and oxygen atoms in total. The summed E-state index contributed by atoms with van der Waals surface area (Å²) in [6.07, 6.45) is 2.18. The highest BCUT2D eigenvalue weighted by Gasteiger charge is 2.34. The van der Waals surface area contributed by atoms with Crippen molar-refractivity contribution >= 4 is 23.4 Å². The third-order valence-electron chi connectivity index (χ3n) is 4.75. The maximum Gasteiger partial charge on any atom is 0.269 e. The number of non-ortho nitro benzene ring substituents is 1. The van der Waals surface area contributed by atoms with Gasteiger partial charge in [0.15, 0.2) is 11.5 Å². The standard InChI is InChI=1S/C20H20N2O5S/c23-19(12-28-16-6-4-15(5-7-16)22(24)25)21-20(13-1-2-13)14-3-8-17-18(11-14)27-10-9-26-17/h3-8,11,13,20H,1-2,9-10,12H2,(H,21,23). The van der Waals surface area contributed by atoms with Crippen molar-refractivity contribution in [1.82, 2.24) is 5.32 Å². The van der Waals surface area contributed by atoms with E-state index in [0.29, 0.717) is 19.1 Å². The average Bonchev–Trinajstić information content (AvgIpc) is 3.55. The molecule has 1 heterocycles. The van der Waals surface area contributed by atoms with Crippen LogP contribution in [0.15, 0.2) is 47.4 Å². The Balaban J connectivity index is 1.38. The third kappa shape index (κ3) is 4.39. The number of nitro groups is 1. The zero-order valence-corrected chi connectivity index (χ0v) is 15.9. The number of nitrogens with zero attached hydrogens (tertiary/aromatic N) is 1. The van der Waals surface area contributed by atoms with Crippen LogP contribution in [0.5, 0.6) is 11.5 Å². The second-order valence-corrected chi connectivity index (χ2v) is 7.87. The van der Waals surface area contributed by atoms with Gasteiger partial charge in [0.25, 0.3) is 5.69 Å². The predicted octanol–water partition coefficient (Wildman–Crippen LogP) is 3.73. The fourth-order valence-electron chi connectivity index (χ4n) is 3.18. The molecule has 1 atom stereocenters. The van der Waals surface area contributed by atoms with E-state index in [2.05, 4.69) is 5.32 Å². The second-order valence-electron chi connectivity index (χ2n) is 6.83. The topological polar surface area (TPSA) is 90.7 Å². The van der Waals surface area contributed by atoms with Crippen LogP contribution in [0.3, 0.4) is 0 Å². The van der Waals surface area contributed by atoms with Crippen LogP contribution >= 0.6 is 11.8 Å². The minimum Gasteiger partial charge on any atom is -0.486 e. The lowest BCUT2D eigenvalue weighted by Crippen LogP contribution is -2.31. The second kappa shape index (κ2) is 8.10. The van der Waals surface area contributed by atoms with Gasteiger partial charge >= 0.3 is 0 Å². The molecule has 0 radical (unpaired) electrons. The molecule has 0 bridgehead atoms. The van der Waals surface area contributed by atoms with E-state index in [9.17, 15) is 14.9 Å². The first-order valence-corrected chi connectivity index (χ1v) is 10.1. The van der Waals surface area contributed by atoms with E-state index in [1.807, 2.05) is 18.2 Å². The quantitative estimate of drug-likeness (QED) is 0.433. The Labute approximate surface area is 166 Å². The zero-order valence-electron chi connectivity index (χ0n) is 15.1. The lowest BCUT2D eigenvalue weighted by molar-refractivity contribution is -0.384. The van der Waals surface area contributed by atoms with Gasteiger partial charge in [-0.3, -0.25) is 14.9 Å². The molecule has 0 spiro atoms. The Morgan fingerprint density at radius 1 is 1.14 bits per heavy atom. The van der Waals surface area contributed by atoms with Crippen LogP contribution in [-0.4, -0.2) is 29.8 Å². The lowest BCUT2D eigenvalue weighted by atomic mass is 10.0. The average molecular weight is 400 g/mol. The largest absolute Gasteiger partial charge is 0.486 e. The summed E-state index contributed by atoms with van der Waals surface area (Å²) in [5.41, 5.74) is 1.07. The van der Waals surface area contributed by atoms with Crippen molar-refractivity contribution in [3.05, 3.63) is 58.1 Å². The van der Waals surface area contributed by atoms with Gasteiger partial charge in [-0.15, -0.1) is 11.8 Å². The van der Waals surface area contributed by atoms with Crippen LogP contribution in [-0.2, 0) is 4.79 Å². The number of fused-ring (bicyclic) bond motifs is 1. The Bertz CT molecular complexity index is 883. The molecule has 1 fully saturated rings. The summed E-state index contributed by atoms with van der Waals surface area (Å²) >= 11 is 1.36. The van der Waals surface area contributed by atoms with Crippen LogP contribution in [0.1, 0.15) is 24.4 Å². The summed E-state index contributed by atoms with van der Waals surface area (Å²) in [7, 11) is 0. The highest BCUT2D eigenvalue weighted by molar-refractivity contribution is 8.00. The number of nitro benzene ring substituents is 1. The van der Waals surface area contributed by atoms with Crippen molar-refractivity contribution < 1.29 is 19.2 Å². The number of thioether (sulfide) groups is 1. The fourth-order valence-corrected chi connectivity index (χ4v) is 3.89. The molecular weight excluding hydrogens is 380 g/mol. The predicted molar refractivity (Wildman–Crippen MR) is 105 cm³/mol. The number of amides is 1. The molecule has 1 saturated carbocycles. The van der Waals surface area contributed by atoms with Gasteiger partial charge in [0, 0.05) is 17.0 Å². The molecule has 4 rings (SSSR count). The van der Waals surface area contributed by atoms with Crippen molar-refractivity contribution in [2.24, 2.45) is 5.92 Å². The number of benzene rings is 2. The number of hydrogen-bond donors (Lipinski definition) is 1. The number of nitrogens with one attached hydrogen (secondary N) is 1. The SMILES string of the molecule is O=C(CSc1ccc([N+](=O)[O-])cc1)NC(c1ccc2c(c1)OCCO2)C1CC1. The molecule has 2 aromatic carbocycles. The van der Waals surface area contributed by atoms with E-state index in [1.54, 1.807) is 12.1 Å². The number of carbonyl (C=O) groups excluding carboxylic acids is 1. The van der Waals surface area contributed by atoms with E-state index in [1.165, 1.54) is 23.9 Å². The minimum atomic E-state index is -0.436. The molecule has 1 aliphatic heterocycles. The summed E-state index contributed by atoms with van der Waals surface area (Å²) in [5, 5.41) is 13.8. The fraction of sp³-hybridized carbons (Fsp3) is 0.350. The van der Waals surface area contributed by atoms with E-state index in [4.69, 9.17) is 9.47 Å². The molecule has 2 aliphatic rings. The normalized spacial score (nSPS) is 16.3. The van der Waals surface area contributed by atoms with E-state index in [-0.39, 0.29) is 23.4 Å². The van der Waals surface area contributed by atoms with Crippen LogP contribution in [0, 0.1) is 16.0 Å². The molecular formula is C20H20N2O5S. The van der Waals surface area contributed by atoms with Crippen molar-refractivity contribution in [2.45, 2.75) is 23.8 Å². The van der Waals surface area contributed by atoms with Crippen LogP contribution in [0.2, 0.25) is 0 Å². The maximum absolute atomic E-state index is 12.5. The molecule has 1 aliphatic carbocycles. The first-order valence-electron chi connectivity index (χ1n) is 9.16. The highest BCUT2D eigenvalue weighted by atomic mass is 32.2. The van der Waals surface area contributed by atoms with Crippen LogP contribution in [0.25, 0.3) is 0 Å². The number of rotatable bonds is 7. The molecule has 28 heavy (non-hydrogen) atoms. The van der Waals surface area contributed by atoms with Crippen molar-refractivity contribution in [1.29, 1.82) is 0 Å². The van der Waals surface area contributed by atoms with Gasteiger partial charge in [0.05, 0.1) is 16.7 Å². The van der Waals surface area contributed by atoms with Crippen molar-refractivity contribution in [2.75, 3.05) is 19.0 Å². The van der Waals surface area contributed by atoms with Crippen LogP contribution in [0.4, 0.5) is 5.69 Å². The van der Waals surface area contributed by atoms with Gasteiger partial charge < -0.3 is 14.8 Å². The smallest absolute Gasteiger partial charge is 0.269 e. The molecule has 1 N–H and O–H groups in total. The Morgan fingerprint density at radius 2 is 1.86 bits per heavy atom. The summed E-state index contributed by atoms with van der Waals surface area (Å²) in [6, 6.07) is 12.0. The summed E-state index contributed by atoms with van der Waals surface area (Å²) in [6.45, 7) is 1.08. The first-order chi connectivity index (χ1) is 13.6. The van der Waals surface area contributed by atoms with Gasteiger partial charge in [-0.2, -0.15) is 0 Å². The number of carbonyl (C=O) groups is 1. The van der Waals surface area contributed by atoms with E-state index in [0.717, 1.165) is 34.8 Å². The molecule has 1 unspecified atom stereocenters. The van der Waals surface area contributed by atoms with Crippen molar-refractivity contribution in [3.8, 4) is 11.5 Å². The molecule has 8 heteroatoms. The Kier molecular flexibility index (Phi) is 5.38. The van der Waals surface area contributed by atoms with Gasteiger partial charge in [-0.05, 0) is 48.6 Å². The van der Waals surface area contributed by atoms with Crippen molar-refractivity contribution in [3.63, 3.8) is 0 Å². The molecule has 0 aromatic heterocycles. The lowest BCUT2D eigenvalue weighted by Gasteiger charge is -2.23. The zero-order chi connectivity index (χ0) is 19.5. The molecule has 0 saturated heterocycles. The summed E-state index contributed by atoms with van der Waals surface area (Å²) in [4.78, 5) is 23.6. The molecule has 1 amide bonds. The minimum absolute atomic E-state index is 0.0409. The Morgan fingerprint density at radius 3 is 2.54 bits per heavy atom. The summed E-state index contributed by atoms with van der Waals surface area (Å²) < 4.78 is 11.2. The van der Waals surface area contributed by atoms with Gasteiger partial charge in [0.2, 0.25) is 5.91 Å². The Hall–Kier alpha value is -2.74. The van der Waals surface area contributed by atoms with E-state index >= 15 is 0 Å². The maximum atomic E-state index is 12.5. The van der Waals surface area contributed by atoms with Crippen LogP contribution < -0.4 is 14.8 Å². The van der Waals surface area contributed by atoms with E-state index < -0.39 is 4.92 Å². The number of ether oxygens (including phenoxy) is 2. The first kappa shape index (κ1) is 18.6. The van der Waals surface area contributed by atoms with Gasteiger partial charge in [0.1, 0.15) is 13.2 Å². The highest BCUT2D eigenvalue weighted by Crippen LogP contribution is 2.43. The molecule has 146 valence electrons. The monoisotopic (exact) mass is 400 g/mol. The van der Waals surface area contributed by atoms with Gasteiger partial charge in [-0.1, -0.05) is 6.07 Å². The van der Waals surface area contributed by atoms with Gasteiger partial charge in [-0.25, -0.2) is 0 Å². The number of hydrogen-bond acceptors (Lipinski definition) is 6. The third-order valence-corrected chi connectivity index (χ3v) is 5.76. The molecule has 2 aromatic rings.